The van der Waals surface area contributed by atoms with Crippen LogP contribution in [0.4, 0.5) is 5.69 Å². The van der Waals surface area contributed by atoms with E-state index in [9.17, 15) is 4.79 Å². The molecule has 0 atom stereocenters. The molecule has 140 valence electrons. The third-order valence-electron chi connectivity index (χ3n) is 4.77. The maximum absolute atomic E-state index is 12.4. The molecule has 3 rings (SSSR count). The number of benzene rings is 1. The molecule has 0 saturated heterocycles. The SMILES string of the molecule is COC(=O)c1cc(Br)c(OC)cc1N1C(N)=NC(N)=NC12CCCCC2. The smallest absolute Gasteiger partial charge is 0.340 e. The summed E-state index contributed by atoms with van der Waals surface area (Å²) in [4.78, 5) is 23.0. The van der Waals surface area contributed by atoms with Crippen LogP contribution in [0, 0.1) is 0 Å². The van der Waals surface area contributed by atoms with Crippen molar-refractivity contribution in [3.05, 3.63) is 22.2 Å². The van der Waals surface area contributed by atoms with Crippen molar-refractivity contribution in [1.29, 1.82) is 0 Å². The maximum atomic E-state index is 12.4. The fourth-order valence-electron chi connectivity index (χ4n) is 3.63. The minimum atomic E-state index is -0.657. The molecule has 1 fully saturated rings. The molecule has 1 saturated carbocycles. The lowest BCUT2D eigenvalue weighted by Gasteiger charge is -2.46. The fourth-order valence-corrected chi connectivity index (χ4v) is 4.13. The quantitative estimate of drug-likeness (QED) is 0.720. The van der Waals surface area contributed by atoms with Gasteiger partial charge < -0.3 is 20.9 Å². The van der Waals surface area contributed by atoms with Crippen LogP contribution in [0.1, 0.15) is 42.5 Å². The summed E-state index contributed by atoms with van der Waals surface area (Å²) in [7, 11) is 2.90. The van der Waals surface area contributed by atoms with Crippen LogP contribution in [0.15, 0.2) is 26.6 Å². The van der Waals surface area contributed by atoms with Crippen LogP contribution in [-0.2, 0) is 4.74 Å². The predicted octanol–water partition coefficient (Wildman–Crippen LogP) is 2.35. The first-order valence-electron chi connectivity index (χ1n) is 8.37. The Kier molecular flexibility index (Phi) is 5.08. The normalized spacial score (nSPS) is 19.0. The first-order valence-corrected chi connectivity index (χ1v) is 9.17. The number of anilines is 1. The van der Waals surface area contributed by atoms with Gasteiger partial charge in [0.2, 0.25) is 11.9 Å². The summed E-state index contributed by atoms with van der Waals surface area (Å²) in [5, 5.41) is 0. The van der Waals surface area contributed by atoms with Crippen molar-refractivity contribution < 1.29 is 14.3 Å². The van der Waals surface area contributed by atoms with Crippen molar-refractivity contribution in [2.45, 2.75) is 37.8 Å². The Hall–Kier alpha value is -2.29. The molecule has 0 unspecified atom stereocenters. The van der Waals surface area contributed by atoms with Gasteiger partial charge in [-0.3, -0.25) is 4.90 Å². The molecule has 1 aliphatic carbocycles. The number of aliphatic imine (C=N–C) groups is 2. The number of hydrogen-bond donors (Lipinski definition) is 2. The summed E-state index contributed by atoms with van der Waals surface area (Å²) >= 11 is 3.41. The molecule has 1 heterocycles. The third kappa shape index (κ3) is 3.11. The van der Waals surface area contributed by atoms with E-state index in [1.165, 1.54) is 7.11 Å². The van der Waals surface area contributed by atoms with E-state index in [2.05, 4.69) is 25.9 Å². The minimum absolute atomic E-state index is 0.157. The second kappa shape index (κ2) is 7.14. The van der Waals surface area contributed by atoms with Gasteiger partial charge in [-0.1, -0.05) is 6.42 Å². The molecule has 0 aromatic heterocycles. The van der Waals surface area contributed by atoms with Crippen molar-refractivity contribution in [1.82, 2.24) is 0 Å². The average Bonchev–Trinajstić information content (AvgIpc) is 2.61. The number of rotatable bonds is 3. The van der Waals surface area contributed by atoms with Gasteiger partial charge >= 0.3 is 5.97 Å². The lowest BCUT2D eigenvalue weighted by molar-refractivity contribution is 0.0601. The van der Waals surface area contributed by atoms with Crippen LogP contribution in [0.2, 0.25) is 0 Å². The summed E-state index contributed by atoms with van der Waals surface area (Å²) in [6, 6.07) is 3.40. The van der Waals surface area contributed by atoms with Crippen LogP contribution in [0.5, 0.6) is 5.75 Å². The summed E-state index contributed by atoms with van der Waals surface area (Å²) in [5.74, 6) is 0.442. The van der Waals surface area contributed by atoms with Gasteiger partial charge in [-0.15, -0.1) is 0 Å². The number of hydrogen-bond acceptors (Lipinski definition) is 8. The standard InChI is InChI=1S/C17H22BrN5O3/c1-25-13-9-12(10(8-11(13)18)14(24)26-2)23-16(20)21-15(19)22-17(23)6-4-3-5-7-17/h8-9H,3-7H2,1-2H3,(H4,19,20,21,22). The van der Waals surface area contributed by atoms with E-state index < -0.39 is 11.6 Å². The summed E-state index contributed by atoms with van der Waals surface area (Å²) < 4.78 is 11.0. The lowest BCUT2D eigenvalue weighted by atomic mass is 9.87. The van der Waals surface area contributed by atoms with Crippen molar-refractivity contribution >= 4 is 39.5 Å². The molecule has 1 aliphatic heterocycles. The number of esters is 1. The molecule has 26 heavy (non-hydrogen) atoms. The van der Waals surface area contributed by atoms with Gasteiger partial charge in [0.15, 0.2) is 0 Å². The van der Waals surface area contributed by atoms with Gasteiger partial charge in [0.1, 0.15) is 11.4 Å². The average molecular weight is 424 g/mol. The summed E-state index contributed by atoms with van der Waals surface area (Å²) in [6.45, 7) is 0. The molecule has 8 nitrogen and oxygen atoms in total. The lowest BCUT2D eigenvalue weighted by Crippen LogP contribution is -2.58. The highest BCUT2D eigenvalue weighted by Crippen LogP contribution is 2.43. The number of methoxy groups -OCH3 is 2. The minimum Gasteiger partial charge on any atom is -0.495 e. The van der Waals surface area contributed by atoms with Crippen LogP contribution >= 0.6 is 15.9 Å². The maximum Gasteiger partial charge on any atom is 0.340 e. The topological polar surface area (TPSA) is 116 Å². The monoisotopic (exact) mass is 423 g/mol. The van der Waals surface area contributed by atoms with Crippen molar-refractivity contribution in [3.63, 3.8) is 0 Å². The Labute approximate surface area is 160 Å². The molecule has 4 N–H and O–H groups in total. The van der Waals surface area contributed by atoms with E-state index in [4.69, 9.17) is 20.9 Å². The number of nitrogens with two attached hydrogens (primary N) is 2. The van der Waals surface area contributed by atoms with Crippen molar-refractivity contribution in [2.24, 2.45) is 21.5 Å². The van der Waals surface area contributed by atoms with Gasteiger partial charge in [-0.25, -0.2) is 9.79 Å². The summed E-state index contributed by atoms with van der Waals surface area (Å²) in [6.07, 6.45) is 4.63. The first kappa shape index (κ1) is 18.5. The molecular weight excluding hydrogens is 402 g/mol. The zero-order chi connectivity index (χ0) is 18.9. The fraction of sp³-hybridized carbons (Fsp3) is 0.471. The Bertz CT molecular complexity index is 787. The van der Waals surface area contributed by atoms with E-state index in [1.807, 2.05) is 0 Å². The number of halogens is 1. The largest absolute Gasteiger partial charge is 0.495 e. The van der Waals surface area contributed by atoms with Crippen LogP contribution in [-0.4, -0.2) is 37.8 Å². The molecule has 1 spiro atoms. The second-order valence-electron chi connectivity index (χ2n) is 6.31. The van der Waals surface area contributed by atoms with Gasteiger partial charge in [0, 0.05) is 6.07 Å². The van der Waals surface area contributed by atoms with E-state index in [0.717, 1.165) is 32.1 Å². The molecule has 0 bridgehead atoms. The van der Waals surface area contributed by atoms with E-state index in [0.29, 0.717) is 21.5 Å². The van der Waals surface area contributed by atoms with E-state index >= 15 is 0 Å². The highest BCUT2D eigenvalue weighted by Gasteiger charge is 2.44. The second-order valence-corrected chi connectivity index (χ2v) is 7.17. The van der Waals surface area contributed by atoms with Gasteiger partial charge in [0.05, 0.1) is 29.9 Å². The molecule has 0 amide bonds. The Balaban J connectivity index is 2.22. The molecule has 2 aliphatic rings. The third-order valence-corrected chi connectivity index (χ3v) is 5.39. The van der Waals surface area contributed by atoms with Gasteiger partial charge in [-0.05, 0) is 47.7 Å². The number of guanidine groups is 2. The Morgan fingerprint density at radius 2 is 1.92 bits per heavy atom. The number of carbonyl (C=O) groups excluding carboxylic acids is 1. The van der Waals surface area contributed by atoms with E-state index in [-0.39, 0.29) is 11.9 Å². The van der Waals surface area contributed by atoms with Crippen molar-refractivity contribution in [2.75, 3.05) is 19.1 Å². The highest BCUT2D eigenvalue weighted by molar-refractivity contribution is 9.10. The van der Waals surface area contributed by atoms with Gasteiger partial charge in [-0.2, -0.15) is 4.99 Å². The summed E-state index contributed by atoms with van der Waals surface area (Å²) in [5.41, 5.74) is 12.4. The Morgan fingerprint density at radius 1 is 1.23 bits per heavy atom. The first-order chi connectivity index (χ1) is 12.4. The molecular formula is C17H22BrN5O3. The molecule has 1 aromatic rings. The van der Waals surface area contributed by atoms with E-state index in [1.54, 1.807) is 24.1 Å². The highest BCUT2D eigenvalue weighted by atomic mass is 79.9. The molecule has 0 radical (unpaired) electrons. The van der Waals surface area contributed by atoms with Crippen LogP contribution in [0.25, 0.3) is 0 Å². The number of ether oxygens (including phenoxy) is 2. The van der Waals surface area contributed by atoms with Crippen molar-refractivity contribution in [3.8, 4) is 5.75 Å². The van der Waals surface area contributed by atoms with Crippen LogP contribution in [0.3, 0.4) is 0 Å². The number of nitrogens with zero attached hydrogens (tertiary/aromatic N) is 3. The zero-order valence-electron chi connectivity index (χ0n) is 14.8. The van der Waals surface area contributed by atoms with Crippen LogP contribution < -0.4 is 21.1 Å². The number of carbonyl (C=O) groups is 1. The predicted molar refractivity (Wildman–Crippen MR) is 104 cm³/mol. The Morgan fingerprint density at radius 3 is 2.54 bits per heavy atom. The zero-order valence-corrected chi connectivity index (χ0v) is 16.4. The molecule has 1 aromatic carbocycles. The van der Waals surface area contributed by atoms with Gasteiger partial charge in [0.25, 0.3) is 0 Å². The molecule has 9 heteroatoms.